The lowest BCUT2D eigenvalue weighted by atomic mass is 10.1. The fourth-order valence-corrected chi connectivity index (χ4v) is 1.68. The molecule has 0 aliphatic heterocycles. The van der Waals surface area contributed by atoms with Crippen LogP contribution in [0.2, 0.25) is 0 Å². The Bertz CT molecular complexity index is 638. The zero-order chi connectivity index (χ0) is 13.8. The fraction of sp³-hybridized carbons (Fsp3) is 0.154. The third-order valence-corrected chi connectivity index (χ3v) is 2.57. The second kappa shape index (κ2) is 5.23. The first kappa shape index (κ1) is 12.6. The average Bonchev–Trinajstić information content (AvgIpc) is 2.82. The van der Waals surface area contributed by atoms with Gasteiger partial charge in [0, 0.05) is 24.1 Å². The van der Waals surface area contributed by atoms with Crippen molar-refractivity contribution in [3.63, 3.8) is 0 Å². The van der Waals surface area contributed by atoms with Crippen molar-refractivity contribution in [1.82, 2.24) is 5.16 Å². The number of ether oxygens (including phenoxy) is 1. The molecule has 1 aromatic heterocycles. The molecule has 2 aromatic rings. The first-order chi connectivity index (χ1) is 9.17. The summed E-state index contributed by atoms with van der Waals surface area (Å²) in [5.74, 6) is 2.75. The van der Waals surface area contributed by atoms with Crippen LogP contribution in [0.25, 0.3) is 11.3 Å². The van der Waals surface area contributed by atoms with Gasteiger partial charge in [0.2, 0.25) is 0 Å². The number of nitro groups is 1. The quantitative estimate of drug-likeness (QED) is 0.478. The number of benzene rings is 1. The lowest BCUT2D eigenvalue weighted by molar-refractivity contribution is -0.384. The molecule has 0 fully saturated rings. The van der Waals surface area contributed by atoms with Gasteiger partial charge in [-0.05, 0) is 12.1 Å². The van der Waals surface area contributed by atoms with E-state index in [4.69, 9.17) is 15.7 Å². The summed E-state index contributed by atoms with van der Waals surface area (Å²) >= 11 is 0. The largest absolute Gasteiger partial charge is 0.467 e. The van der Waals surface area contributed by atoms with E-state index < -0.39 is 4.92 Å². The minimum absolute atomic E-state index is 0.0118. The number of hydrogen-bond donors (Lipinski definition) is 0. The lowest BCUT2D eigenvalue weighted by Gasteiger charge is -1.99. The van der Waals surface area contributed by atoms with Gasteiger partial charge < -0.3 is 9.26 Å². The van der Waals surface area contributed by atoms with Crippen LogP contribution in [0.5, 0.6) is 5.95 Å². The molecule has 96 valence electrons. The highest BCUT2D eigenvalue weighted by Crippen LogP contribution is 2.31. The molecule has 0 amide bonds. The van der Waals surface area contributed by atoms with Crippen LogP contribution in [0.1, 0.15) is 5.56 Å². The van der Waals surface area contributed by atoms with Crippen LogP contribution in [0, 0.1) is 22.5 Å². The molecule has 0 aliphatic rings. The van der Waals surface area contributed by atoms with E-state index in [1.54, 1.807) is 12.1 Å². The summed E-state index contributed by atoms with van der Waals surface area (Å²) < 4.78 is 10.1. The fourth-order valence-electron chi connectivity index (χ4n) is 1.68. The number of rotatable bonds is 4. The van der Waals surface area contributed by atoms with Crippen molar-refractivity contribution in [3.05, 3.63) is 39.9 Å². The van der Waals surface area contributed by atoms with Crippen molar-refractivity contribution in [2.24, 2.45) is 0 Å². The SMILES string of the molecule is C#CCc1c(-c2ccc([N+](=O)[O-])cc2)noc1OC. The molecule has 0 bridgehead atoms. The molecular weight excluding hydrogens is 248 g/mol. The van der Waals surface area contributed by atoms with E-state index in [-0.39, 0.29) is 11.6 Å². The van der Waals surface area contributed by atoms with E-state index in [9.17, 15) is 10.1 Å². The standard InChI is InChI=1S/C13H10N2O4/c1-3-4-11-12(14-19-13(11)18-2)9-5-7-10(8-6-9)15(16)17/h1,5-8H,4H2,2H3. The van der Waals surface area contributed by atoms with E-state index in [1.165, 1.54) is 19.2 Å². The normalized spacial score (nSPS) is 9.89. The Hall–Kier alpha value is -2.81. The highest BCUT2D eigenvalue weighted by atomic mass is 16.6. The van der Waals surface area contributed by atoms with Crippen LogP contribution in [-0.2, 0) is 6.42 Å². The number of hydrogen-bond acceptors (Lipinski definition) is 5. The third kappa shape index (κ3) is 2.40. The molecule has 0 aliphatic carbocycles. The predicted octanol–water partition coefficient (Wildman–Crippen LogP) is 2.43. The summed E-state index contributed by atoms with van der Waals surface area (Å²) in [6.45, 7) is 0. The van der Waals surface area contributed by atoms with E-state index in [0.29, 0.717) is 23.2 Å². The summed E-state index contributed by atoms with van der Waals surface area (Å²) in [6.07, 6.45) is 5.59. The number of non-ortho nitro benzene ring substituents is 1. The molecule has 19 heavy (non-hydrogen) atoms. The van der Waals surface area contributed by atoms with Gasteiger partial charge in [0.15, 0.2) is 0 Å². The summed E-state index contributed by atoms with van der Waals surface area (Å²) in [5.41, 5.74) is 1.88. The van der Waals surface area contributed by atoms with Gasteiger partial charge in [0.05, 0.1) is 17.6 Å². The third-order valence-electron chi connectivity index (χ3n) is 2.57. The Morgan fingerprint density at radius 2 is 2.16 bits per heavy atom. The molecule has 0 radical (unpaired) electrons. The van der Waals surface area contributed by atoms with Crippen molar-refractivity contribution in [3.8, 4) is 29.5 Å². The van der Waals surface area contributed by atoms with Crippen molar-refractivity contribution in [2.45, 2.75) is 6.42 Å². The Morgan fingerprint density at radius 1 is 1.47 bits per heavy atom. The van der Waals surface area contributed by atoms with Crippen LogP contribution in [0.4, 0.5) is 5.69 Å². The Morgan fingerprint density at radius 3 is 2.68 bits per heavy atom. The molecule has 6 nitrogen and oxygen atoms in total. The van der Waals surface area contributed by atoms with Crippen LogP contribution in [-0.4, -0.2) is 17.2 Å². The van der Waals surface area contributed by atoms with Gasteiger partial charge in [-0.3, -0.25) is 10.1 Å². The summed E-state index contributed by atoms with van der Waals surface area (Å²) in [6, 6.07) is 5.98. The highest BCUT2D eigenvalue weighted by molar-refractivity contribution is 5.66. The van der Waals surface area contributed by atoms with E-state index in [2.05, 4.69) is 11.1 Å². The van der Waals surface area contributed by atoms with Crippen LogP contribution >= 0.6 is 0 Å². The topological polar surface area (TPSA) is 78.4 Å². The molecule has 0 atom stereocenters. The van der Waals surface area contributed by atoms with Gasteiger partial charge in [0.25, 0.3) is 5.69 Å². The number of nitrogens with zero attached hydrogens (tertiary/aromatic N) is 2. The Balaban J connectivity index is 2.44. The Labute approximate surface area is 109 Å². The van der Waals surface area contributed by atoms with Crippen LogP contribution in [0.3, 0.4) is 0 Å². The van der Waals surface area contributed by atoms with Crippen molar-refractivity contribution in [1.29, 1.82) is 0 Å². The summed E-state index contributed by atoms with van der Waals surface area (Å²) in [7, 11) is 1.46. The minimum Gasteiger partial charge on any atom is -0.467 e. The average molecular weight is 258 g/mol. The van der Waals surface area contributed by atoms with Gasteiger partial charge in [-0.15, -0.1) is 12.3 Å². The summed E-state index contributed by atoms with van der Waals surface area (Å²) in [5, 5.41) is 14.5. The first-order valence-corrected chi connectivity index (χ1v) is 5.38. The zero-order valence-corrected chi connectivity index (χ0v) is 10.1. The lowest BCUT2D eigenvalue weighted by Crippen LogP contribution is -1.91. The molecule has 0 saturated heterocycles. The van der Waals surface area contributed by atoms with Gasteiger partial charge in [-0.1, -0.05) is 5.16 Å². The second-order valence-corrected chi connectivity index (χ2v) is 3.69. The molecule has 0 saturated carbocycles. The van der Waals surface area contributed by atoms with Gasteiger partial charge in [-0.25, -0.2) is 0 Å². The number of terminal acetylenes is 1. The molecule has 6 heteroatoms. The molecular formula is C13H10N2O4. The van der Waals surface area contributed by atoms with E-state index in [0.717, 1.165) is 0 Å². The van der Waals surface area contributed by atoms with Crippen molar-refractivity contribution >= 4 is 5.69 Å². The monoisotopic (exact) mass is 258 g/mol. The van der Waals surface area contributed by atoms with E-state index >= 15 is 0 Å². The van der Waals surface area contributed by atoms with Crippen molar-refractivity contribution < 1.29 is 14.2 Å². The highest BCUT2D eigenvalue weighted by Gasteiger charge is 2.18. The van der Waals surface area contributed by atoms with E-state index in [1.807, 2.05) is 0 Å². The minimum atomic E-state index is -0.463. The number of aromatic nitrogens is 1. The second-order valence-electron chi connectivity index (χ2n) is 3.69. The van der Waals surface area contributed by atoms with Gasteiger partial charge in [0.1, 0.15) is 5.69 Å². The molecule has 1 heterocycles. The molecule has 0 unspecified atom stereocenters. The predicted molar refractivity (Wildman–Crippen MR) is 67.7 cm³/mol. The maximum atomic E-state index is 10.6. The van der Waals surface area contributed by atoms with Crippen LogP contribution < -0.4 is 4.74 Å². The van der Waals surface area contributed by atoms with Gasteiger partial charge >= 0.3 is 5.95 Å². The summed E-state index contributed by atoms with van der Waals surface area (Å²) in [4.78, 5) is 10.1. The van der Waals surface area contributed by atoms with Gasteiger partial charge in [-0.2, -0.15) is 0 Å². The van der Waals surface area contributed by atoms with Crippen LogP contribution in [0.15, 0.2) is 28.8 Å². The molecule has 1 aromatic carbocycles. The maximum Gasteiger partial charge on any atom is 0.315 e. The maximum absolute atomic E-state index is 10.6. The molecule has 0 N–H and O–H groups in total. The zero-order valence-electron chi connectivity index (χ0n) is 10.1. The number of methoxy groups -OCH3 is 1. The number of nitro benzene ring substituents is 1. The van der Waals surface area contributed by atoms with Crippen molar-refractivity contribution in [2.75, 3.05) is 7.11 Å². The Kier molecular flexibility index (Phi) is 3.48. The molecule has 0 spiro atoms. The smallest absolute Gasteiger partial charge is 0.315 e. The molecule has 2 rings (SSSR count). The first-order valence-electron chi connectivity index (χ1n) is 5.38.